The molecule has 0 saturated heterocycles. The van der Waals surface area contributed by atoms with Crippen molar-refractivity contribution in [1.82, 2.24) is 0 Å². The average molecular weight is 258 g/mol. The molecule has 0 aromatic rings. The Kier molecular flexibility index (Phi) is 7.96. The van der Waals surface area contributed by atoms with Gasteiger partial charge >= 0.3 is 7.82 Å². The Hall–Kier alpha value is -0.770. The van der Waals surface area contributed by atoms with Crippen molar-refractivity contribution in [2.75, 3.05) is 0 Å². The van der Waals surface area contributed by atoms with Gasteiger partial charge < -0.3 is 4.89 Å². The van der Waals surface area contributed by atoms with Crippen LogP contribution in [0.15, 0.2) is 0 Å². The van der Waals surface area contributed by atoms with E-state index in [-0.39, 0.29) is 12.8 Å². The average Bonchev–Trinajstić information content (AvgIpc) is 2.27. The standard InChI is InChI=1S/C12H19O4P/c1-5-9-11(7-3)15-17(13,14)16-12(8-4)10-6-2/h1-2,11-12H,7-10H2,3-4H3,(H,13,14). The fraction of sp³-hybridized carbons (Fsp3) is 0.667. The largest absolute Gasteiger partial charge is 0.472 e. The van der Waals surface area contributed by atoms with Crippen LogP contribution in [0.1, 0.15) is 39.5 Å². The number of rotatable bonds is 8. The lowest BCUT2D eigenvalue weighted by molar-refractivity contribution is 0.0741. The quantitative estimate of drug-likeness (QED) is 0.537. The maximum atomic E-state index is 11.7. The zero-order valence-corrected chi connectivity index (χ0v) is 11.2. The van der Waals surface area contributed by atoms with E-state index in [1.165, 1.54) is 0 Å². The molecule has 0 fully saturated rings. The molecule has 0 aliphatic rings. The van der Waals surface area contributed by atoms with E-state index in [0.717, 1.165) is 0 Å². The van der Waals surface area contributed by atoms with Crippen LogP contribution < -0.4 is 0 Å². The molecule has 2 unspecified atom stereocenters. The smallest absolute Gasteiger partial charge is 0.302 e. The summed E-state index contributed by atoms with van der Waals surface area (Å²) in [6.07, 6.45) is 11.0. The van der Waals surface area contributed by atoms with E-state index >= 15 is 0 Å². The van der Waals surface area contributed by atoms with Gasteiger partial charge in [0.25, 0.3) is 0 Å². The van der Waals surface area contributed by atoms with Crippen molar-refractivity contribution in [1.29, 1.82) is 0 Å². The molecular weight excluding hydrogens is 239 g/mol. The second kappa shape index (κ2) is 8.34. The molecule has 0 heterocycles. The van der Waals surface area contributed by atoms with Crippen LogP contribution in [-0.2, 0) is 13.6 Å². The van der Waals surface area contributed by atoms with Gasteiger partial charge in [-0.2, -0.15) is 0 Å². The molecule has 0 saturated carbocycles. The molecule has 0 bridgehead atoms. The van der Waals surface area contributed by atoms with E-state index in [0.29, 0.717) is 12.8 Å². The van der Waals surface area contributed by atoms with Crippen molar-refractivity contribution in [2.45, 2.75) is 51.7 Å². The fourth-order valence-corrected chi connectivity index (χ4v) is 2.43. The second-order valence-corrected chi connectivity index (χ2v) is 4.92. The summed E-state index contributed by atoms with van der Waals surface area (Å²) in [7, 11) is -4.09. The molecule has 5 heteroatoms. The third-order valence-electron chi connectivity index (χ3n) is 2.17. The van der Waals surface area contributed by atoms with Gasteiger partial charge in [-0.15, -0.1) is 24.7 Å². The lowest BCUT2D eigenvalue weighted by Gasteiger charge is -2.21. The summed E-state index contributed by atoms with van der Waals surface area (Å²) in [5, 5.41) is 0. The van der Waals surface area contributed by atoms with Gasteiger partial charge in [0.1, 0.15) is 0 Å². The molecule has 1 N–H and O–H groups in total. The molecule has 0 amide bonds. The minimum atomic E-state index is -4.09. The Morgan fingerprint density at radius 3 is 1.71 bits per heavy atom. The van der Waals surface area contributed by atoms with Gasteiger partial charge in [-0.3, -0.25) is 9.05 Å². The highest BCUT2D eigenvalue weighted by Crippen LogP contribution is 2.47. The zero-order chi connectivity index (χ0) is 13.3. The van der Waals surface area contributed by atoms with Gasteiger partial charge in [-0.1, -0.05) is 13.8 Å². The first kappa shape index (κ1) is 16.2. The van der Waals surface area contributed by atoms with Crippen LogP contribution in [0.4, 0.5) is 0 Å². The summed E-state index contributed by atoms with van der Waals surface area (Å²) < 4.78 is 21.6. The van der Waals surface area contributed by atoms with E-state index in [4.69, 9.17) is 21.9 Å². The fourth-order valence-electron chi connectivity index (χ4n) is 1.18. The van der Waals surface area contributed by atoms with Gasteiger partial charge in [0.15, 0.2) is 0 Å². The van der Waals surface area contributed by atoms with E-state index in [1.54, 1.807) is 0 Å². The molecule has 17 heavy (non-hydrogen) atoms. The first-order chi connectivity index (χ1) is 7.99. The van der Waals surface area contributed by atoms with Crippen LogP contribution >= 0.6 is 7.82 Å². The van der Waals surface area contributed by atoms with E-state index in [9.17, 15) is 9.46 Å². The van der Waals surface area contributed by atoms with Crippen molar-refractivity contribution in [3.63, 3.8) is 0 Å². The molecule has 0 rings (SSSR count). The molecule has 4 nitrogen and oxygen atoms in total. The third-order valence-corrected chi connectivity index (χ3v) is 3.30. The lowest BCUT2D eigenvalue weighted by atomic mass is 10.2. The number of terminal acetylenes is 2. The van der Waals surface area contributed by atoms with Crippen molar-refractivity contribution in [2.24, 2.45) is 0 Å². The molecule has 0 aliphatic heterocycles. The maximum absolute atomic E-state index is 11.7. The highest BCUT2D eigenvalue weighted by atomic mass is 31.2. The van der Waals surface area contributed by atoms with Crippen LogP contribution in [0, 0.1) is 24.7 Å². The number of hydrogen-bond acceptors (Lipinski definition) is 3. The van der Waals surface area contributed by atoms with E-state index < -0.39 is 20.0 Å². The summed E-state index contributed by atoms with van der Waals surface area (Å²) in [4.78, 5) is 9.54. The lowest BCUT2D eigenvalue weighted by Crippen LogP contribution is -2.15. The van der Waals surface area contributed by atoms with Gasteiger partial charge in [0, 0.05) is 12.8 Å². The predicted octanol–water partition coefficient (Wildman–Crippen LogP) is 2.72. The predicted molar refractivity (Wildman–Crippen MR) is 67.1 cm³/mol. The molecule has 2 atom stereocenters. The third kappa shape index (κ3) is 7.21. The van der Waals surface area contributed by atoms with Gasteiger partial charge in [-0.25, -0.2) is 4.57 Å². The Bertz CT molecular complexity index is 309. The van der Waals surface area contributed by atoms with Gasteiger partial charge in [-0.05, 0) is 12.8 Å². The summed E-state index contributed by atoms with van der Waals surface area (Å²) in [6, 6.07) is 0. The highest BCUT2D eigenvalue weighted by molar-refractivity contribution is 7.47. The second-order valence-electron chi connectivity index (χ2n) is 3.56. The highest BCUT2D eigenvalue weighted by Gasteiger charge is 2.28. The topological polar surface area (TPSA) is 55.8 Å². The van der Waals surface area contributed by atoms with Gasteiger partial charge in [0.2, 0.25) is 0 Å². The minimum Gasteiger partial charge on any atom is -0.302 e. The van der Waals surface area contributed by atoms with Gasteiger partial charge in [0.05, 0.1) is 12.2 Å². The summed E-state index contributed by atoms with van der Waals surface area (Å²) in [5.74, 6) is 4.78. The normalized spacial score (nSPS) is 17.5. The minimum absolute atomic E-state index is 0.274. The SMILES string of the molecule is C#CCC(CC)OP(=O)(O)OC(CC)CC#C. The van der Waals surface area contributed by atoms with Crippen molar-refractivity contribution < 1.29 is 18.5 Å². The summed E-state index contributed by atoms with van der Waals surface area (Å²) in [5.41, 5.74) is 0. The van der Waals surface area contributed by atoms with Crippen LogP contribution in [0.25, 0.3) is 0 Å². The van der Waals surface area contributed by atoms with Crippen molar-refractivity contribution in [3.05, 3.63) is 0 Å². The van der Waals surface area contributed by atoms with E-state index in [1.807, 2.05) is 13.8 Å². The molecule has 0 aromatic carbocycles. The molecule has 0 aromatic heterocycles. The van der Waals surface area contributed by atoms with E-state index in [2.05, 4.69) is 11.8 Å². The first-order valence-electron chi connectivity index (χ1n) is 5.55. The summed E-state index contributed by atoms with van der Waals surface area (Å²) in [6.45, 7) is 3.64. The molecular formula is C12H19O4P. The van der Waals surface area contributed by atoms with Crippen LogP contribution in [0.3, 0.4) is 0 Å². The Morgan fingerprint density at radius 2 is 1.47 bits per heavy atom. The number of phosphoric ester groups is 1. The first-order valence-corrected chi connectivity index (χ1v) is 7.05. The number of phosphoric acid groups is 1. The summed E-state index contributed by atoms with van der Waals surface area (Å²) >= 11 is 0. The van der Waals surface area contributed by atoms with Crippen molar-refractivity contribution in [3.8, 4) is 24.7 Å². The van der Waals surface area contributed by atoms with Crippen molar-refractivity contribution >= 4 is 7.82 Å². The number of hydrogen-bond donors (Lipinski definition) is 1. The molecule has 96 valence electrons. The zero-order valence-electron chi connectivity index (χ0n) is 10.3. The monoisotopic (exact) mass is 258 g/mol. The molecule has 0 aliphatic carbocycles. The Labute approximate surface area is 103 Å². The molecule has 0 spiro atoms. The Morgan fingerprint density at radius 1 is 1.12 bits per heavy atom. The maximum Gasteiger partial charge on any atom is 0.472 e. The van der Waals surface area contributed by atoms with Crippen LogP contribution in [0.5, 0.6) is 0 Å². The molecule has 0 radical (unpaired) electrons. The van der Waals surface area contributed by atoms with Crippen LogP contribution in [0.2, 0.25) is 0 Å². The Balaban J connectivity index is 4.41. The van der Waals surface area contributed by atoms with Crippen LogP contribution in [-0.4, -0.2) is 17.1 Å².